The van der Waals surface area contributed by atoms with Crippen LogP contribution in [-0.4, -0.2) is 30.9 Å². The van der Waals surface area contributed by atoms with E-state index in [1.54, 1.807) is 10.4 Å². The van der Waals surface area contributed by atoms with Gasteiger partial charge >= 0.3 is 0 Å². The van der Waals surface area contributed by atoms with Crippen LogP contribution in [0.3, 0.4) is 0 Å². The van der Waals surface area contributed by atoms with Gasteiger partial charge in [-0.25, -0.2) is 8.42 Å². The molecule has 0 unspecified atom stereocenters. The summed E-state index contributed by atoms with van der Waals surface area (Å²) in [7, 11) is -3.47. The zero-order chi connectivity index (χ0) is 13.2. The van der Waals surface area contributed by atoms with Crippen molar-refractivity contribution in [1.82, 2.24) is 4.31 Å². The molecule has 0 saturated heterocycles. The van der Waals surface area contributed by atoms with E-state index >= 15 is 0 Å². The third-order valence-electron chi connectivity index (χ3n) is 3.09. The Balaban J connectivity index is 2.25. The lowest BCUT2D eigenvalue weighted by Gasteiger charge is -2.21. The molecule has 100 valence electrons. The SMILES string of the molecule is CCCN(CC1CC1)S(=O)(=O)c1cccc(O)c1. The number of sulfonamides is 1. The molecule has 1 aromatic carbocycles. The van der Waals surface area contributed by atoms with Crippen LogP contribution in [0.4, 0.5) is 0 Å². The highest BCUT2D eigenvalue weighted by Gasteiger charge is 2.31. The van der Waals surface area contributed by atoms with Crippen molar-refractivity contribution in [3.8, 4) is 5.75 Å². The standard InChI is InChI=1S/C13H19NO3S/c1-2-8-14(10-11-6-7-11)18(16,17)13-5-3-4-12(15)9-13/h3-5,9,11,15H,2,6-8,10H2,1H3. The summed E-state index contributed by atoms with van der Waals surface area (Å²) in [5, 5.41) is 9.40. The zero-order valence-electron chi connectivity index (χ0n) is 10.5. The van der Waals surface area contributed by atoms with E-state index in [0.717, 1.165) is 19.3 Å². The maximum atomic E-state index is 12.5. The van der Waals surface area contributed by atoms with Crippen molar-refractivity contribution >= 4 is 10.0 Å². The number of hydrogen-bond donors (Lipinski definition) is 1. The molecule has 0 atom stereocenters. The molecular weight excluding hydrogens is 250 g/mol. The average molecular weight is 269 g/mol. The van der Waals surface area contributed by atoms with E-state index < -0.39 is 10.0 Å². The average Bonchev–Trinajstić information content (AvgIpc) is 3.12. The van der Waals surface area contributed by atoms with Crippen molar-refractivity contribution in [1.29, 1.82) is 0 Å². The number of phenolic OH excluding ortho intramolecular Hbond substituents is 1. The smallest absolute Gasteiger partial charge is 0.243 e. The number of nitrogens with zero attached hydrogens (tertiary/aromatic N) is 1. The molecule has 0 heterocycles. The predicted molar refractivity (Wildman–Crippen MR) is 69.9 cm³/mol. The molecule has 0 aliphatic heterocycles. The maximum Gasteiger partial charge on any atom is 0.243 e. The molecule has 0 radical (unpaired) electrons. The molecule has 0 bridgehead atoms. The number of aromatic hydroxyl groups is 1. The minimum Gasteiger partial charge on any atom is -0.508 e. The minimum atomic E-state index is -3.47. The van der Waals surface area contributed by atoms with Crippen molar-refractivity contribution in [2.45, 2.75) is 31.1 Å². The summed E-state index contributed by atoms with van der Waals surface area (Å²) in [5.74, 6) is 0.502. The zero-order valence-corrected chi connectivity index (χ0v) is 11.4. The molecule has 1 saturated carbocycles. The van der Waals surface area contributed by atoms with Gasteiger partial charge < -0.3 is 5.11 Å². The third-order valence-corrected chi connectivity index (χ3v) is 4.95. The van der Waals surface area contributed by atoms with Crippen LogP contribution in [0.15, 0.2) is 29.2 Å². The van der Waals surface area contributed by atoms with Crippen LogP contribution in [0, 0.1) is 5.92 Å². The summed E-state index contributed by atoms with van der Waals surface area (Å²) in [4.78, 5) is 0.177. The third kappa shape index (κ3) is 3.03. The number of benzene rings is 1. The number of rotatable bonds is 6. The Morgan fingerprint density at radius 3 is 2.67 bits per heavy atom. The summed E-state index contributed by atoms with van der Waals surface area (Å²) < 4.78 is 26.4. The molecule has 1 fully saturated rings. The summed E-state index contributed by atoms with van der Waals surface area (Å²) in [6.45, 7) is 3.11. The largest absolute Gasteiger partial charge is 0.508 e. The lowest BCUT2D eigenvalue weighted by atomic mass is 10.3. The fraction of sp³-hybridized carbons (Fsp3) is 0.538. The lowest BCUT2D eigenvalue weighted by molar-refractivity contribution is 0.395. The Labute approximate surface area is 108 Å². The van der Waals surface area contributed by atoms with Crippen LogP contribution in [0.1, 0.15) is 26.2 Å². The van der Waals surface area contributed by atoms with E-state index in [-0.39, 0.29) is 10.6 Å². The summed E-state index contributed by atoms with van der Waals surface area (Å²) in [6.07, 6.45) is 3.04. The minimum absolute atomic E-state index is 0.0149. The van der Waals surface area contributed by atoms with E-state index in [9.17, 15) is 13.5 Å². The van der Waals surface area contributed by atoms with Crippen molar-refractivity contribution in [3.63, 3.8) is 0 Å². The second kappa shape index (κ2) is 5.28. The topological polar surface area (TPSA) is 57.6 Å². The van der Waals surface area contributed by atoms with Gasteiger partial charge in [0.1, 0.15) is 5.75 Å². The quantitative estimate of drug-likeness (QED) is 0.861. The van der Waals surface area contributed by atoms with Gasteiger partial charge in [-0.1, -0.05) is 13.0 Å². The van der Waals surface area contributed by atoms with Gasteiger partial charge in [0.25, 0.3) is 0 Å². The molecule has 1 N–H and O–H groups in total. The second-order valence-electron chi connectivity index (χ2n) is 4.80. The van der Waals surface area contributed by atoms with Crippen LogP contribution in [0.5, 0.6) is 5.75 Å². The molecule has 1 aliphatic carbocycles. The van der Waals surface area contributed by atoms with Crippen LogP contribution in [0.25, 0.3) is 0 Å². The fourth-order valence-corrected chi connectivity index (χ4v) is 3.59. The molecule has 2 rings (SSSR count). The number of phenols is 1. The normalized spacial score (nSPS) is 16.1. The van der Waals surface area contributed by atoms with Crippen LogP contribution >= 0.6 is 0 Å². The van der Waals surface area contributed by atoms with Crippen molar-refractivity contribution in [2.75, 3.05) is 13.1 Å². The van der Waals surface area contributed by atoms with Gasteiger partial charge in [-0.15, -0.1) is 0 Å². The molecule has 0 aromatic heterocycles. The first-order valence-electron chi connectivity index (χ1n) is 6.33. The van der Waals surface area contributed by atoms with Gasteiger partial charge in [0.15, 0.2) is 0 Å². The first kappa shape index (κ1) is 13.4. The van der Waals surface area contributed by atoms with Gasteiger partial charge in [-0.2, -0.15) is 4.31 Å². The first-order chi connectivity index (χ1) is 8.54. The van der Waals surface area contributed by atoms with Gasteiger partial charge in [-0.05, 0) is 43.4 Å². The molecule has 5 heteroatoms. The number of hydrogen-bond acceptors (Lipinski definition) is 3. The van der Waals surface area contributed by atoms with E-state index in [1.165, 1.54) is 18.2 Å². The highest BCUT2D eigenvalue weighted by Crippen LogP contribution is 2.32. The Morgan fingerprint density at radius 1 is 1.39 bits per heavy atom. The van der Waals surface area contributed by atoms with Gasteiger partial charge in [0.05, 0.1) is 4.90 Å². The van der Waals surface area contributed by atoms with Crippen molar-refractivity contribution in [3.05, 3.63) is 24.3 Å². The van der Waals surface area contributed by atoms with Crippen LogP contribution in [0.2, 0.25) is 0 Å². The van der Waals surface area contributed by atoms with Crippen LogP contribution < -0.4 is 0 Å². The molecule has 4 nitrogen and oxygen atoms in total. The molecule has 0 spiro atoms. The Hall–Kier alpha value is -1.07. The van der Waals surface area contributed by atoms with Crippen molar-refractivity contribution < 1.29 is 13.5 Å². The van der Waals surface area contributed by atoms with Gasteiger partial charge in [-0.3, -0.25) is 0 Å². The molecule has 1 aliphatic rings. The molecule has 0 amide bonds. The lowest BCUT2D eigenvalue weighted by Crippen LogP contribution is -2.33. The highest BCUT2D eigenvalue weighted by molar-refractivity contribution is 7.89. The Kier molecular flexibility index (Phi) is 3.92. The van der Waals surface area contributed by atoms with Gasteiger partial charge in [0, 0.05) is 13.1 Å². The summed E-state index contributed by atoms with van der Waals surface area (Å²) in [6, 6.07) is 5.88. The van der Waals surface area contributed by atoms with Crippen LogP contribution in [-0.2, 0) is 10.0 Å². The van der Waals surface area contributed by atoms with E-state index in [0.29, 0.717) is 19.0 Å². The van der Waals surface area contributed by atoms with Crippen molar-refractivity contribution in [2.24, 2.45) is 5.92 Å². The van der Waals surface area contributed by atoms with E-state index in [4.69, 9.17) is 0 Å². The highest BCUT2D eigenvalue weighted by atomic mass is 32.2. The summed E-state index contributed by atoms with van der Waals surface area (Å²) >= 11 is 0. The van der Waals surface area contributed by atoms with E-state index in [2.05, 4.69) is 0 Å². The second-order valence-corrected chi connectivity index (χ2v) is 6.74. The predicted octanol–water partition coefficient (Wildman–Crippen LogP) is 2.20. The Bertz CT molecular complexity index is 509. The molecular formula is C13H19NO3S. The maximum absolute atomic E-state index is 12.5. The fourth-order valence-electron chi connectivity index (χ4n) is 1.94. The molecule has 18 heavy (non-hydrogen) atoms. The summed E-state index contributed by atoms with van der Waals surface area (Å²) in [5.41, 5.74) is 0. The van der Waals surface area contributed by atoms with E-state index in [1.807, 2.05) is 6.92 Å². The first-order valence-corrected chi connectivity index (χ1v) is 7.77. The Morgan fingerprint density at radius 2 is 2.11 bits per heavy atom. The monoisotopic (exact) mass is 269 g/mol. The van der Waals surface area contributed by atoms with Gasteiger partial charge in [0.2, 0.25) is 10.0 Å². The molecule has 1 aromatic rings.